The summed E-state index contributed by atoms with van der Waals surface area (Å²) in [6.45, 7) is 8.45. The molecule has 0 aromatic heterocycles. The highest BCUT2D eigenvalue weighted by molar-refractivity contribution is 5.66. The largest absolute Gasteiger partial charge is 0.462 e. The van der Waals surface area contributed by atoms with E-state index in [1.54, 1.807) is 0 Å². The van der Waals surface area contributed by atoms with Crippen LogP contribution in [0.15, 0.2) is 0 Å². The summed E-state index contributed by atoms with van der Waals surface area (Å²) in [5, 5.41) is 0. The topological polar surface area (TPSA) is 26.3 Å². The van der Waals surface area contributed by atoms with Gasteiger partial charge in [-0.2, -0.15) is 0 Å². The van der Waals surface area contributed by atoms with Gasteiger partial charge in [0.05, 0.1) is 0 Å². The first-order valence-corrected chi connectivity index (χ1v) is 5.60. The molecule has 0 amide bonds. The second-order valence-electron chi connectivity index (χ2n) is 5.60. The predicted octanol–water partition coefficient (Wildman–Crippen LogP) is 2.62. The Labute approximate surface area is 86.0 Å². The Bertz CT molecular complexity index is 257. The molecule has 3 aliphatic carbocycles. The van der Waals surface area contributed by atoms with Crippen LogP contribution in [0.25, 0.3) is 0 Å². The van der Waals surface area contributed by atoms with Crippen LogP contribution in [0.1, 0.15) is 40.5 Å². The van der Waals surface area contributed by atoms with Crippen molar-refractivity contribution in [2.45, 2.75) is 46.6 Å². The second-order valence-corrected chi connectivity index (χ2v) is 5.60. The van der Waals surface area contributed by atoms with Gasteiger partial charge in [0, 0.05) is 6.92 Å². The third kappa shape index (κ3) is 1.27. The lowest BCUT2D eigenvalue weighted by Crippen LogP contribution is -2.57. The van der Waals surface area contributed by atoms with Crippen LogP contribution in [0.3, 0.4) is 0 Å². The molecule has 0 spiro atoms. The van der Waals surface area contributed by atoms with Gasteiger partial charge in [0.15, 0.2) is 0 Å². The van der Waals surface area contributed by atoms with Gasteiger partial charge >= 0.3 is 5.97 Å². The van der Waals surface area contributed by atoms with E-state index in [2.05, 4.69) is 20.8 Å². The Morgan fingerprint density at radius 2 is 2.00 bits per heavy atom. The van der Waals surface area contributed by atoms with Gasteiger partial charge in [-0.15, -0.1) is 0 Å². The fraction of sp³-hybridized carbons (Fsp3) is 0.917. The first-order valence-electron chi connectivity index (χ1n) is 5.60. The van der Waals surface area contributed by atoms with Crippen molar-refractivity contribution in [2.75, 3.05) is 0 Å². The third-order valence-corrected chi connectivity index (χ3v) is 4.60. The lowest BCUT2D eigenvalue weighted by molar-refractivity contribution is -0.184. The number of hydrogen-bond acceptors (Lipinski definition) is 2. The lowest BCUT2D eigenvalue weighted by atomic mass is 9.45. The molecule has 3 rings (SSSR count). The highest BCUT2D eigenvalue weighted by Crippen LogP contribution is 2.61. The zero-order valence-electron chi connectivity index (χ0n) is 9.54. The summed E-state index contributed by atoms with van der Waals surface area (Å²) in [5.41, 5.74) is 0.482. The van der Waals surface area contributed by atoms with Crippen molar-refractivity contribution >= 4 is 5.97 Å². The van der Waals surface area contributed by atoms with Crippen molar-refractivity contribution in [1.29, 1.82) is 0 Å². The average Bonchev–Trinajstić information content (AvgIpc) is 2.06. The van der Waals surface area contributed by atoms with Gasteiger partial charge in [-0.05, 0) is 36.0 Å². The Balaban J connectivity index is 2.04. The number of carbonyl (C=O) groups is 1. The van der Waals surface area contributed by atoms with Gasteiger partial charge in [-0.3, -0.25) is 4.79 Å². The smallest absolute Gasteiger partial charge is 0.302 e. The number of ether oxygens (including phenoxy) is 1. The maximum absolute atomic E-state index is 10.9. The van der Waals surface area contributed by atoms with E-state index in [1.807, 2.05) is 0 Å². The van der Waals surface area contributed by atoms with Gasteiger partial charge < -0.3 is 4.74 Å². The molecule has 3 fully saturated rings. The van der Waals surface area contributed by atoms with Gasteiger partial charge in [0.2, 0.25) is 0 Å². The predicted molar refractivity (Wildman–Crippen MR) is 54.7 cm³/mol. The maximum Gasteiger partial charge on any atom is 0.302 e. The van der Waals surface area contributed by atoms with E-state index in [0.29, 0.717) is 11.3 Å². The molecule has 3 saturated carbocycles. The van der Waals surface area contributed by atoms with Crippen LogP contribution in [0.5, 0.6) is 0 Å². The van der Waals surface area contributed by atoms with Crippen molar-refractivity contribution < 1.29 is 9.53 Å². The minimum atomic E-state index is -0.124. The summed E-state index contributed by atoms with van der Waals surface area (Å²) in [7, 11) is 0. The molecule has 0 aromatic rings. The normalized spacial score (nSPS) is 44.0. The molecule has 0 heterocycles. The average molecular weight is 196 g/mol. The Morgan fingerprint density at radius 3 is 2.43 bits per heavy atom. The van der Waals surface area contributed by atoms with Crippen molar-refractivity contribution in [3.05, 3.63) is 0 Å². The summed E-state index contributed by atoms with van der Waals surface area (Å²) in [4.78, 5) is 10.9. The molecule has 2 nitrogen and oxygen atoms in total. The molecular weight excluding hydrogens is 176 g/mol. The Hall–Kier alpha value is -0.530. The minimum Gasteiger partial charge on any atom is -0.462 e. The molecule has 2 bridgehead atoms. The SMILES string of the molecule is CC(=O)O[C@H]1C[C@H]2C[C@@H]([C@H]1C)C2(C)C. The standard InChI is InChI=1S/C12H20O2/c1-7-10-5-9(12(10,3)4)6-11(7)14-8(2)13/h7,9-11H,5-6H2,1-4H3/t7-,9-,10+,11+/m1/s1. The number of rotatable bonds is 1. The van der Waals surface area contributed by atoms with Gasteiger partial charge in [-0.1, -0.05) is 20.8 Å². The molecule has 0 N–H and O–H groups in total. The van der Waals surface area contributed by atoms with Crippen molar-refractivity contribution in [1.82, 2.24) is 0 Å². The fourth-order valence-corrected chi connectivity index (χ4v) is 3.47. The quantitative estimate of drug-likeness (QED) is 0.603. The second kappa shape index (κ2) is 2.98. The van der Waals surface area contributed by atoms with Crippen molar-refractivity contribution in [3.63, 3.8) is 0 Å². The minimum absolute atomic E-state index is 0.124. The fourth-order valence-electron chi connectivity index (χ4n) is 3.47. The molecule has 0 aliphatic heterocycles. The number of hydrogen-bond donors (Lipinski definition) is 0. The molecular formula is C12H20O2. The molecule has 0 unspecified atom stereocenters. The Kier molecular flexibility index (Phi) is 2.13. The Morgan fingerprint density at radius 1 is 1.36 bits per heavy atom. The molecule has 0 radical (unpaired) electrons. The van der Waals surface area contributed by atoms with Gasteiger partial charge in [0.1, 0.15) is 6.10 Å². The molecule has 0 saturated heterocycles. The van der Waals surface area contributed by atoms with E-state index < -0.39 is 0 Å². The molecule has 80 valence electrons. The van der Waals surface area contributed by atoms with Crippen molar-refractivity contribution in [2.24, 2.45) is 23.2 Å². The monoisotopic (exact) mass is 196 g/mol. The molecule has 2 heteroatoms. The van der Waals surface area contributed by atoms with Crippen LogP contribution in [0, 0.1) is 23.2 Å². The van der Waals surface area contributed by atoms with E-state index in [9.17, 15) is 4.79 Å². The summed E-state index contributed by atoms with van der Waals surface area (Å²) in [5.74, 6) is 1.94. The molecule has 0 aromatic carbocycles. The van der Waals surface area contributed by atoms with E-state index >= 15 is 0 Å². The first-order chi connectivity index (χ1) is 6.43. The molecule has 14 heavy (non-hydrogen) atoms. The zero-order chi connectivity index (χ0) is 10.5. The van der Waals surface area contributed by atoms with Crippen LogP contribution in [-0.4, -0.2) is 12.1 Å². The van der Waals surface area contributed by atoms with E-state index in [1.165, 1.54) is 13.3 Å². The number of esters is 1. The summed E-state index contributed by atoms with van der Waals surface area (Å²) in [6, 6.07) is 0. The van der Waals surface area contributed by atoms with Crippen molar-refractivity contribution in [3.8, 4) is 0 Å². The summed E-state index contributed by atoms with van der Waals surface area (Å²) in [6.07, 6.45) is 2.60. The van der Waals surface area contributed by atoms with Crippen LogP contribution in [0.2, 0.25) is 0 Å². The van der Waals surface area contributed by atoms with E-state index in [4.69, 9.17) is 4.74 Å². The zero-order valence-corrected chi connectivity index (χ0v) is 9.54. The lowest BCUT2D eigenvalue weighted by Gasteiger charge is -2.61. The van der Waals surface area contributed by atoms with Crippen LogP contribution in [-0.2, 0) is 9.53 Å². The summed E-state index contributed by atoms with van der Waals surface area (Å²) < 4.78 is 5.36. The molecule has 3 aliphatic rings. The van der Waals surface area contributed by atoms with Gasteiger partial charge in [0.25, 0.3) is 0 Å². The third-order valence-electron chi connectivity index (χ3n) is 4.60. The highest BCUT2D eigenvalue weighted by atomic mass is 16.5. The number of carbonyl (C=O) groups excluding carboxylic acids is 1. The first kappa shape index (κ1) is 10.0. The highest BCUT2D eigenvalue weighted by Gasteiger charge is 2.57. The molecule has 4 atom stereocenters. The van der Waals surface area contributed by atoms with E-state index in [0.717, 1.165) is 18.3 Å². The van der Waals surface area contributed by atoms with Crippen LogP contribution in [0.4, 0.5) is 0 Å². The summed E-state index contributed by atoms with van der Waals surface area (Å²) >= 11 is 0. The number of fused-ring (bicyclic) bond motifs is 2. The van der Waals surface area contributed by atoms with Gasteiger partial charge in [-0.25, -0.2) is 0 Å². The van der Waals surface area contributed by atoms with Crippen LogP contribution < -0.4 is 0 Å². The van der Waals surface area contributed by atoms with E-state index in [-0.39, 0.29) is 12.1 Å². The van der Waals surface area contributed by atoms with Crippen LogP contribution >= 0.6 is 0 Å². The maximum atomic E-state index is 10.9.